The molecular formula is C28H23N3O7. The second-order valence-corrected chi connectivity index (χ2v) is 7.92. The Balaban J connectivity index is 1.34. The zero-order chi connectivity index (χ0) is 26.9. The molecule has 0 radical (unpaired) electrons. The first-order valence-electron chi connectivity index (χ1n) is 11.6. The number of hydrogen-bond donors (Lipinski definition) is 1. The zero-order valence-electron chi connectivity index (χ0n) is 20.3. The van der Waals surface area contributed by atoms with Crippen LogP contribution in [-0.2, 0) is 4.79 Å². The molecule has 0 saturated heterocycles. The fraction of sp³-hybridized carbons (Fsp3) is 0.107. The number of carbonyl (C=O) groups excluding carboxylic acids is 2. The van der Waals surface area contributed by atoms with E-state index >= 15 is 0 Å². The lowest BCUT2D eigenvalue weighted by Gasteiger charge is -2.11. The van der Waals surface area contributed by atoms with Gasteiger partial charge < -0.3 is 14.2 Å². The maximum atomic E-state index is 12.5. The van der Waals surface area contributed by atoms with Crippen LogP contribution in [0.5, 0.6) is 17.2 Å². The van der Waals surface area contributed by atoms with Gasteiger partial charge >= 0.3 is 5.97 Å². The number of nitro benzene ring substituents is 1. The van der Waals surface area contributed by atoms with E-state index in [4.69, 9.17) is 14.2 Å². The summed E-state index contributed by atoms with van der Waals surface area (Å²) in [6.45, 7) is 1.88. The third-order valence-electron chi connectivity index (χ3n) is 5.28. The van der Waals surface area contributed by atoms with Crippen molar-refractivity contribution in [2.24, 2.45) is 5.10 Å². The Bertz CT molecular complexity index is 1500. The Morgan fingerprint density at radius 2 is 1.68 bits per heavy atom. The van der Waals surface area contributed by atoms with Crippen molar-refractivity contribution in [3.05, 3.63) is 106 Å². The minimum atomic E-state index is -0.694. The summed E-state index contributed by atoms with van der Waals surface area (Å²) in [6, 6.07) is 23.2. The predicted octanol–water partition coefficient (Wildman–Crippen LogP) is 4.90. The first-order valence-corrected chi connectivity index (χ1v) is 11.6. The predicted molar refractivity (Wildman–Crippen MR) is 141 cm³/mol. The van der Waals surface area contributed by atoms with Gasteiger partial charge in [-0.3, -0.25) is 14.9 Å². The summed E-state index contributed by atoms with van der Waals surface area (Å²) in [7, 11) is 0. The number of rotatable bonds is 10. The molecule has 4 rings (SSSR count). The van der Waals surface area contributed by atoms with Crippen molar-refractivity contribution in [1.29, 1.82) is 0 Å². The number of non-ortho nitro benzene ring substituents is 1. The van der Waals surface area contributed by atoms with Crippen molar-refractivity contribution < 1.29 is 28.7 Å². The molecule has 1 amide bonds. The molecule has 38 heavy (non-hydrogen) atoms. The van der Waals surface area contributed by atoms with E-state index < -0.39 is 16.8 Å². The number of hydrogen-bond acceptors (Lipinski definition) is 8. The monoisotopic (exact) mass is 513 g/mol. The smallest absolute Gasteiger partial charge is 0.343 e. The molecule has 1 N–H and O–H groups in total. The van der Waals surface area contributed by atoms with Gasteiger partial charge in [-0.2, -0.15) is 5.10 Å². The summed E-state index contributed by atoms with van der Waals surface area (Å²) in [6.07, 6.45) is 1.42. The largest absolute Gasteiger partial charge is 0.490 e. The van der Waals surface area contributed by atoms with E-state index in [1.54, 1.807) is 25.1 Å². The topological polar surface area (TPSA) is 129 Å². The lowest BCUT2D eigenvalue weighted by molar-refractivity contribution is -0.384. The van der Waals surface area contributed by atoms with Crippen molar-refractivity contribution in [2.45, 2.75) is 6.92 Å². The Morgan fingerprint density at radius 1 is 0.921 bits per heavy atom. The summed E-state index contributed by atoms with van der Waals surface area (Å²) in [5.41, 5.74) is 3.00. The molecule has 0 saturated carbocycles. The van der Waals surface area contributed by atoms with Gasteiger partial charge in [-0.15, -0.1) is 0 Å². The minimum absolute atomic E-state index is 0.132. The molecule has 0 aliphatic carbocycles. The fourth-order valence-corrected chi connectivity index (χ4v) is 3.45. The van der Waals surface area contributed by atoms with Crippen LogP contribution in [0.3, 0.4) is 0 Å². The summed E-state index contributed by atoms with van der Waals surface area (Å²) in [5.74, 6) is -0.102. The lowest BCUT2D eigenvalue weighted by Crippen LogP contribution is -2.24. The highest BCUT2D eigenvalue weighted by molar-refractivity contribution is 5.92. The first-order chi connectivity index (χ1) is 18.4. The van der Waals surface area contributed by atoms with Crippen LogP contribution >= 0.6 is 0 Å². The van der Waals surface area contributed by atoms with Crippen LogP contribution in [-0.4, -0.2) is 36.2 Å². The molecular weight excluding hydrogens is 490 g/mol. The average molecular weight is 514 g/mol. The number of nitrogens with one attached hydrogen (secondary N) is 1. The molecule has 0 atom stereocenters. The molecule has 4 aromatic carbocycles. The van der Waals surface area contributed by atoms with E-state index in [0.717, 1.165) is 10.8 Å². The minimum Gasteiger partial charge on any atom is -0.490 e. The van der Waals surface area contributed by atoms with E-state index in [9.17, 15) is 19.7 Å². The number of esters is 1. The molecule has 10 nitrogen and oxygen atoms in total. The van der Waals surface area contributed by atoms with Gasteiger partial charge in [0.25, 0.3) is 11.6 Å². The van der Waals surface area contributed by atoms with Crippen LogP contribution < -0.4 is 19.6 Å². The summed E-state index contributed by atoms with van der Waals surface area (Å²) >= 11 is 0. The van der Waals surface area contributed by atoms with Gasteiger partial charge in [0.2, 0.25) is 0 Å². The van der Waals surface area contributed by atoms with Crippen LogP contribution in [0.25, 0.3) is 10.8 Å². The van der Waals surface area contributed by atoms with E-state index in [1.807, 2.05) is 36.4 Å². The number of amides is 1. The number of hydrazone groups is 1. The number of nitrogens with zero attached hydrogens (tertiary/aromatic N) is 2. The van der Waals surface area contributed by atoms with Crippen molar-refractivity contribution in [3.8, 4) is 17.2 Å². The van der Waals surface area contributed by atoms with Crippen LogP contribution in [0.15, 0.2) is 90.0 Å². The van der Waals surface area contributed by atoms with Crippen LogP contribution in [0.4, 0.5) is 5.69 Å². The van der Waals surface area contributed by atoms with E-state index in [2.05, 4.69) is 10.5 Å². The molecule has 0 aliphatic rings. The second kappa shape index (κ2) is 12.1. The summed E-state index contributed by atoms with van der Waals surface area (Å²) in [5, 5.41) is 16.8. The average Bonchev–Trinajstić information content (AvgIpc) is 2.93. The van der Waals surface area contributed by atoms with Crippen molar-refractivity contribution in [1.82, 2.24) is 5.43 Å². The Morgan fingerprint density at radius 3 is 2.42 bits per heavy atom. The lowest BCUT2D eigenvalue weighted by atomic mass is 10.1. The van der Waals surface area contributed by atoms with Crippen molar-refractivity contribution >= 4 is 34.6 Å². The van der Waals surface area contributed by atoms with Gasteiger partial charge in [-0.05, 0) is 65.7 Å². The number of carbonyl (C=O) groups is 2. The molecule has 192 valence electrons. The Labute approximate surface area is 217 Å². The van der Waals surface area contributed by atoms with Gasteiger partial charge in [-0.25, -0.2) is 10.2 Å². The molecule has 0 unspecified atom stereocenters. The number of ether oxygens (including phenoxy) is 3. The molecule has 0 heterocycles. The SMILES string of the molecule is CCOc1cc(/C=N\NC(=O)COc2ccc3ccccc3c2)ccc1OC(=O)c1ccc([N+](=O)[O-])cc1. The maximum absolute atomic E-state index is 12.5. The highest BCUT2D eigenvalue weighted by Crippen LogP contribution is 2.29. The standard InChI is InChI=1S/C28H23N3O7/c1-2-36-26-15-19(7-14-25(26)38-28(33)21-8-11-23(12-9-21)31(34)35)17-29-30-27(32)18-37-24-13-10-20-5-3-4-6-22(20)16-24/h3-17H,2,18H2,1H3,(H,30,32)/b29-17-. The molecule has 4 aromatic rings. The van der Waals surface area contributed by atoms with Crippen LogP contribution in [0.2, 0.25) is 0 Å². The van der Waals surface area contributed by atoms with E-state index in [0.29, 0.717) is 17.9 Å². The zero-order valence-corrected chi connectivity index (χ0v) is 20.3. The summed E-state index contributed by atoms with van der Waals surface area (Å²) < 4.78 is 16.5. The van der Waals surface area contributed by atoms with Gasteiger partial charge in [0.15, 0.2) is 18.1 Å². The van der Waals surface area contributed by atoms with Crippen LogP contribution in [0, 0.1) is 10.1 Å². The fourth-order valence-electron chi connectivity index (χ4n) is 3.45. The molecule has 0 aliphatic heterocycles. The maximum Gasteiger partial charge on any atom is 0.343 e. The molecule has 0 bridgehead atoms. The first kappa shape index (κ1) is 25.8. The number of benzene rings is 4. The quantitative estimate of drug-likeness (QED) is 0.105. The van der Waals surface area contributed by atoms with E-state index in [1.165, 1.54) is 36.5 Å². The van der Waals surface area contributed by atoms with Gasteiger partial charge in [0.1, 0.15) is 5.75 Å². The summed E-state index contributed by atoms with van der Waals surface area (Å²) in [4.78, 5) is 34.9. The second-order valence-electron chi connectivity index (χ2n) is 7.92. The third kappa shape index (κ3) is 6.70. The third-order valence-corrected chi connectivity index (χ3v) is 5.28. The Kier molecular flexibility index (Phi) is 8.25. The van der Waals surface area contributed by atoms with Gasteiger partial charge in [-0.1, -0.05) is 30.3 Å². The number of fused-ring (bicyclic) bond motifs is 1. The van der Waals surface area contributed by atoms with E-state index in [-0.39, 0.29) is 29.4 Å². The highest BCUT2D eigenvalue weighted by Gasteiger charge is 2.15. The normalized spacial score (nSPS) is 10.8. The van der Waals surface area contributed by atoms with Crippen molar-refractivity contribution in [2.75, 3.05) is 13.2 Å². The molecule has 0 fully saturated rings. The Hall–Kier alpha value is -5.25. The van der Waals surface area contributed by atoms with Gasteiger partial charge in [0, 0.05) is 12.1 Å². The molecule has 0 spiro atoms. The van der Waals surface area contributed by atoms with Gasteiger partial charge in [0.05, 0.1) is 23.3 Å². The highest BCUT2D eigenvalue weighted by atomic mass is 16.6. The molecule has 0 aromatic heterocycles. The van der Waals surface area contributed by atoms with Crippen LogP contribution in [0.1, 0.15) is 22.8 Å². The molecule has 10 heteroatoms. The number of nitro groups is 1. The van der Waals surface area contributed by atoms with Crippen molar-refractivity contribution in [3.63, 3.8) is 0 Å².